The first-order chi connectivity index (χ1) is 5.89. The molecule has 0 amide bonds. The van der Waals surface area contributed by atoms with Crippen LogP contribution in [0.15, 0.2) is 9.98 Å². The van der Waals surface area contributed by atoms with Crippen LogP contribution in [-0.4, -0.2) is 11.0 Å². The number of halogens is 1. The Kier molecular flexibility index (Phi) is 3.35. The summed E-state index contributed by atoms with van der Waals surface area (Å²) in [6, 6.07) is 0.422. The maximum Gasteiger partial charge on any atom is 0.183 e. The summed E-state index contributed by atoms with van der Waals surface area (Å²) in [6.45, 7) is 8.82. The molecule has 0 radical (unpaired) electrons. The molecule has 2 nitrogen and oxygen atoms in total. The highest BCUT2D eigenvalue weighted by atomic mass is 79.9. The fourth-order valence-electron chi connectivity index (χ4n) is 0.722. The Morgan fingerprint density at radius 2 is 2.15 bits per heavy atom. The van der Waals surface area contributed by atoms with Crippen molar-refractivity contribution >= 4 is 32.4 Å². The second-order valence-corrected chi connectivity index (χ2v) is 5.88. The van der Waals surface area contributed by atoms with Crippen molar-refractivity contribution in [1.82, 2.24) is 4.98 Å². The van der Waals surface area contributed by atoms with Crippen LogP contribution in [0.4, 0.5) is 5.13 Å². The quantitative estimate of drug-likeness (QED) is 0.878. The summed E-state index contributed by atoms with van der Waals surface area (Å²) in [7, 11) is 0. The van der Waals surface area contributed by atoms with Crippen molar-refractivity contribution in [1.29, 1.82) is 0 Å². The molecule has 0 saturated heterocycles. The number of thiazole rings is 1. The predicted molar refractivity (Wildman–Crippen MR) is 62.4 cm³/mol. The topological polar surface area (TPSA) is 24.9 Å². The molecule has 1 unspecified atom stereocenters. The third kappa shape index (κ3) is 3.27. The van der Waals surface area contributed by atoms with E-state index in [0.29, 0.717) is 6.04 Å². The first-order valence-electron chi connectivity index (χ1n) is 4.27. The van der Waals surface area contributed by atoms with Gasteiger partial charge in [-0.2, -0.15) is 0 Å². The number of rotatable bonds is 2. The van der Waals surface area contributed by atoms with E-state index in [2.05, 4.69) is 53.9 Å². The molecule has 1 N–H and O–H groups in total. The molecule has 1 aromatic rings. The Morgan fingerprint density at radius 1 is 1.54 bits per heavy atom. The van der Waals surface area contributed by atoms with E-state index in [-0.39, 0.29) is 5.41 Å². The fraction of sp³-hybridized carbons (Fsp3) is 0.667. The first kappa shape index (κ1) is 11.0. The van der Waals surface area contributed by atoms with Crippen LogP contribution in [0.2, 0.25) is 0 Å². The van der Waals surface area contributed by atoms with Crippen LogP contribution < -0.4 is 5.32 Å². The zero-order valence-electron chi connectivity index (χ0n) is 8.39. The van der Waals surface area contributed by atoms with Gasteiger partial charge >= 0.3 is 0 Å². The van der Waals surface area contributed by atoms with Gasteiger partial charge in [0.05, 0.1) is 0 Å². The molecule has 1 atom stereocenters. The Balaban J connectivity index is 2.60. The molecule has 0 aromatic carbocycles. The van der Waals surface area contributed by atoms with E-state index in [0.717, 1.165) is 9.73 Å². The SMILES string of the molecule is CC(Nc1nc(Br)cs1)C(C)(C)C. The molecular formula is C9H15BrN2S. The summed E-state index contributed by atoms with van der Waals surface area (Å²) >= 11 is 4.96. The molecule has 0 aliphatic rings. The zero-order chi connectivity index (χ0) is 10.1. The molecule has 1 aromatic heterocycles. The van der Waals surface area contributed by atoms with Crippen molar-refractivity contribution in [2.75, 3.05) is 5.32 Å². The highest BCUT2D eigenvalue weighted by molar-refractivity contribution is 9.10. The lowest BCUT2D eigenvalue weighted by molar-refractivity contribution is 0.359. The minimum atomic E-state index is 0.262. The van der Waals surface area contributed by atoms with E-state index in [1.54, 1.807) is 11.3 Å². The van der Waals surface area contributed by atoms with Gasteiger partial charge in [-0.15, -0.1) is 11.3 Å². The Bertz CT molecular complexity index is 277. The van der Waals surface area contributed by atoms with Gasteiger partial charge in [-0.3, -0.25) is 0 Å². The van der Waals surface area contributed by atoms with Gasteiger partial charge in [0, 0.05) is 11.4 Å². The van der Waals surface area contributed by atoms with E-state index in [1.807, 2.05) is 5.38 Å². The van der Waals surface area contributed by atoms with Gasteiger partial charge < -0.3 is 5.32 Å². The molecule has 0 saturated carbocycles. The summed E-state index contributed by atoms with van der Waals surface area (Å²) in [4.78, 5) is 4.29. The van der Waals surface area contributed by atoms with Gasteiger partial charge in [0.1, 0.15) is 4.60 Å². The van der Waals surface area contributed by atoms with E-state index in [1.165, 1.54) is 0 Å². The Hall–Kier alpha value is -0.0900. The minimum Gasteiger partial charge on any atom is -0.359 e. The van der Waals surface area contributed by atoms with Crippen LogP contribution in [0.1, 0.15) is 27.7 Å². The predicted octanol–water partition coefficient (Wildman–Crippen LogP) is 3.75. The highest BCUT2D eigenvalue weighted by Crippen LogP contribution is 2.25. The molecular weight excluding hydrogens is 248 g/mol. The lowest BCUT2D eigenvalue weighted by atomic mass is 9.88. The van der Waals surface area contributed by atoms with Crippen LogP contribution in [0.3, 0.4) is 0 Å². The van der Waals surface area contributed by atoms with Crippen LogP contribution in [0, 0.1) is 5.41 Å². The van der Waals surface area contributed by atoms with Crippen molar-refractivity contribution in [2.45, 2.75) is 33.7 Å². The standard InChI is InChI=1S/C9H15BrN2S/c1-6(9(2,3)4)11-8-12-7(10)5-13-8/h5-6H,1-4H3,(H,11,12). The molecule has 1 rings (SSSR count). The summed E-state index contributed by atoms with van der Waals surface area (Å²) in [5.74, 6) is 0. The van der Waals surface area contributed by atoms with E-state index >= 15 is 0 Å². The molecule has 4 heteroatoms. The van der Waals surface area contributed by atoms with Crippen molar-refractivity contribution < 1.29 is 0 Å². The molecule has 0 fully saturated rings. The van der Waals surface area contributed by atoms with Crippen molar-refractivity contribution in [3.8, 4) is 0 Å². The van der Waals surface area contributed by atoms with Gasteiger partial charge in [-0.1, -0.05) is 20.8 Å². The summed E-state index contributed by atoms with van der Waals surface area (Å²) in [5.41, 5.74) is 0.262. The zero-order valence-corrected chi connectivity index (χ0v) is 10.8. The van der Waals surface area contributed by atoms with Gasteiger partial charge in [-0.25, -0.2) is 4.98 Å². The Morgan fingerprint density at radius 3 is 2.54 bits per heavy atom. The van der Waals surface area contributed by atoms with Crippen molar-refractivity contribution in [3.63, 3.8) is 0 Å². The van der Waals surface area contributed by atoms with Crippen molar-refractivity contribution in [3.05, 3.63) is 9.98 Å². The molecule has 0 spiro atoms. The molecule has 0 bridgehead atoms. The highest BCUT2D eigenvalue weighted by Gasteiger charge is 2.20. The maximum absolute atomic E-state index is 4.29. The van der Waals surface area contributed by atoms with Crippen molar-refractivity contribution in [2.24, 2.45) is 5.41 Å². The lowest BCUT2D eigenvalue weighted by Crippen LogP contribution is -2.30. The third-order valence-electron chi connectivity index (χ3n) is 2.12. The molecule has 0 aliphatic carbocycles. The smallest absolute Gasteiger partial charge is 0.183 e. The van der Waals surface area contributed by atoms with Gasteiger partial charge in [0.25, 0.3) is 0 Å². The van der Waals surface area contributed by atoms with Crippen LogP contribution in [0.5, 0.6) is 0 Å². The number of aromatic nitrogens is 1. The minimum absolute atomic E-state index is 0.262. The van der Waals surface area contributed by atoms with E-state index in [9.17, 15) is 0 Å². The second kappa shape index (κ2) is 3.96. The first-order valence-corrected chi connectivity index (χ1v) is 5.94. The van der Waals surface area contributed by atoms with Gasteiger partial charge in [0.15, 0.2) is 5.13 Å². The molecule has 1 heterocycles. The maximum atomic E-state index is 4.29. The van der Waals surface area contributed by atoms with E-state index < -0.39 is 0 Å². The summed E-state index contributed by atoms with van der Waals surface area (Å²) in [5, 5.41) is 6.34. The van der Waals surface area contributed by atoms with Gasteiger partial charge in [0.2, 0.25) is 0 Å². The van der Waals surface area contributed by atoms with E-state index in [4.69, 9.17) is 0 Å². The number of nitrogens with zero attached hydrogens (tertiary/aromatic N) is 1. The van der Waals surface area contributed by atoms with Crippen LogP contribution >= 0.6 is 27.3 Å². The normalized spacial score (nSPS) is 14.2. The number of nitrogens with one attached hydrogen (secondary N) is 1. The summed E-state index contributed by atoms with van der Waals surface area (Å²) < 4.78 is 0.904. The number of anilines is 1. The average molecular weight is 263 g/mol. The second-order valence-electron chi connectivity index (χ2n) is 4.21. The summed E-state index contributed by atoms with van der Waals surface area (Å²) in [6.07, 6.45) is 0. The van der Waals surface area contributed by atoms with Gasteiger partial charge in [-0.05, 0) is 28.3 Å². The van der Waals surface area contributed by atoms with Crippen LogP contribution in [0.25, 0.3) is 0 Å². The number of hydrogen-bond acceptors (Lipinski definition) is 3. The monoisotopic (exact) mass is 262 g/mol. The average Bonchev–Trinajstić information content (AvgIpc) is 2.33. The fourth-order valence-corrected chi connectivity index (χ4v) is 1.95. The number of hydrogen-bond donors (Lipinski definition) is 1. The molecule has 74 valence electrons. The molecule has 0 aliphatic heterocycles. The molecule has 13 heavy (non-hydrogen) atoms. The van der Waals surface area contributed by atoms with Crippen LogP contribution in [-0.2, 0) is 0 Å². The Labute approximate surface area is 91.9 Å². The lowest BCUT2D eigenvalue weighted by Gasteiger charge is -2.27. The largest absolute Gasteiger partial charge is 0.359 e. The third-order valence-corrected chi connectivity index (χ3v) is 3.60.